The molecule has 5 aromatic rings. The Hall–Kier alpha value is -3.56. The van der Waals surface area contributed by atoms with Crippen LogP contribution in [-0.2, 0) is 0 Å². The molecule has 0 aliphatic rings. The van der Waals surface area contributed by atoms with Crippen molar-refractivity contribution < 1.29 is 0 Å². The summed E-state index contributed by atoms with van der Waals surface area (Å²) in [6.07, 6.45) is 0. The summed E-state index contributed by atoms with van der Waals surface area (Å²) in [6.45, 7) is 0. The minimum absolute atomic E-state index is 0.185. The van der Waals surface area contributed by atoms with E-state index < -0.39 is 0 Å². The van der Waals surface area contributed by atoms with Crippen LogP contribution in [-0.4, -0.2) is 15.0 Å². The molecule has 0 atom stereocenters. The maximum absolute atomic E-state index is 6.23. The molecule has 0 bridgehead atoms. The van der Waals surface area contributed by atoms with Crippen LogP contribution in [0.25, 0.3) is 44.7 Å². The lowest BCUT2D eigenvalue weighted by Crippen LogP contribution is -1.97. The van der Waals surface area contributed by atoms with Gasteiger partial charge in [-0.05, 0) is 39.6 Å². The number of aromatic nitrogens is 3. The molecular formula is C25H16ClN3. The van der Waals surface area contributed by atoms with Crippen LogP contribution in [0, 0.1) is 0 Å². The first-order valence-corrected chi connectivity index (χ1v) is 9.71. The van der Waals surface area contributed by atoms with Crippen LogP contribution in [0.5, 0.6) is 0 Å². The van der Waals surface area contributed by atoms with Crippen LogP contribution < -0.4 is 0 Å². The van der Waals surface area contributed by atoms with Crippen molar-refractivity contribution in [2.24, 2.45) is 0 Å². The topological polar surface area (TPSA) is 38.7 Å². The summed E-state index contributed by atoms with van der Waals surface area (Å²) in [4.78, 5) is 13.4. The van der Waals surface area contributed by atoms with Gasteiger partial charge >= 0.3 is 0 Å². The lowest BCUT2D eigenvalue weighted by molar-refractivity contribution is 1.07. The second-order valence-corrected chi connectivity index (χ2v) is 7.06. The lowest BCUT2D eigenvalue weighted by Gasteiger charge is -2.10. The molecule has 138 valence electrons. The van der Waals surface area contributed by atoms with Gasteiger partial charge in [-0.2, -0.15) is 9.97 Å². The second-order valence-electron chi connectivity index (χ2n) is 6.73. The first-order valence-electron chi connectivity index (χ1n) is 9.33. The molecular weight excluding hydrogens is 378 g/mol. The zero-order valence-corrected chi connectivity index (χ0v) is 16.2. The highest BCUT2D eigenvalue weighted by molar-refractivity contribution is 6.28. The maximum atomic E-state index is 6.23. The summed E-state index contributed by atoms with van der Waals surface area (Å²) in [6, 6.07) is 32.7. The van der Waals surface area contributed by atoms with Gasteiger partial charge < -0.3 is 0 Å². The van der Waals surface area contributed by atoms with Gasteiger partial charge in [-0.15, -0.1) is 0 Å². The van der Waals surface area contributed by atoms with Crippen LogP contribution in [0.2, 0.25) is 5.28 Å². The summed E-state index contributed by atoms with van der Waals surface area (Å²) in [5.41, 5.74) is 4.16. The summed E-state index contributed by atoms with van der Waals surface area (Å²) < 4.78 is 0. The second kappa shape index (κ2) is 7.46. The van der Waals surface area contributed by atoms with Gasteiger partial charge in [-0.3, -0.25) is 0 Å². The first kappa shape index (κ1) is 17.5. The quantitative estimate of drug-likeness (QED) is 0.343. The molecule has 1 heterocycles. The minimum Gasteiger partial charge on any atom is -0.208 e. The minimum atomic E-state index is 0.185. The average Bonchev–Trinajstić information content (AvgIpc) is 2.79. The van der Waals surface area contributed by atoms with E-state index in [-0.39, 0.29) is 5.28 Å². The molecule has 0 aliphatic heterocycles. The number of hydrogen-bond donors (Lipinski definition) is 0. The van der Waals surface area contributed by atoms with Crippen molar-refractivity contribution >= 4 is 22.4 Å². The average molecular weight is 394 g/mol. The number of benzene rings is 4. The zero-order chi connectivity index (χ0) is 19.6. The first-order chi connectivity index (χ1) is 14.3. The fraction of sp³-hybridized carbons (Fsp3) is 0. The smallest absolute Gasteiger partial charge is 0.208 e. The van der Waals surface area contributed by atoms with Crippen molar-refractivity contribution in [3.63, 3.8) is 0 Å². The Morgan fingerprint density at radius 1 is 0.517 bits per heavy atom. The third-order valence-corrected chi connectivity index (χ3v) is 5.03. The SMILES string of the molecule is Clc1nc(-c2ccccc2)nc(-c2ccc3cccc(-c4ccccc4)c3c2)n1. The molecule has 0 radical (unpaired) electrons. The van der Waals surface area contributed by atoms with Crippen LogP contribution in [0.3, 0.4) is 0 Å². The Labute approximate surface area is 173 Å². The standard InChI is InChI=1S/C25H16ClN3/c26-25-28-23(19-10-5-2-6-11-19)27-24(29-25)20-15-14-18-12-7-13-21(22(18)16-20)17-8-3-1-4-9-17/h1-16H. The van der Waals surface area contributed by atoms with Crippen molar-refractivity contribution in [1.29, 1.82) is 0 Å². The van der Waals surface area contributed by atoms with E-state index in [4.69, 9.17) is 11.6 Å². The fourth-order valence-electron chi connectivity index (χ4n) is 3.48. The Morgan fingerprint density at radius 2 is 1.17 bits per heavy atom. The molecule has 0 saturated heterocycles. The van der Waals surface area contributed by atoms with Crippen LogP contribution in [0.15, 0.2) is 97.1 Å². The molecule has 0 spiro atoms. The molecule has 0 unspecified atom stereocenters. The van der Waals surface area contributed by atoms with E-state index in [2.05, 4.69) is 69.5 Å². The Kier molecular flexibility index (Phi) is 4.51. The highest BCUT2D eigenvalue weighted by Crippen LogP contribution is 2.32. The van der Waals surface area contributed by atoms with Crippen LogP contribution >= 0.6 is 11.6 Å². The van der Waals surface area contributed by atoms with Crippen LogP contribution in [0.1, 0.15) is 0 Å². The predicted octanol–water partition coefficient (Wildman–Crippen LogP) is 6.68. The highest BCUT2D eigenvalue weighted by Gasteiger charge is 2.11. The van der Waals surface area contributed by atoms with Gasteiger partial charge in [0, 0.05) is 11.1 Å². The monoisotopic (exact) mass is 393 g/mol. The van der Waals surface area contributed by atoms with E-state index >= 15 is 0 Å². The number of nitrogens with zero attached hydrogens (tertiary/aromatic N) is 3. The molecule has 0 aliphatic carbocycles. The molecule has 0 amide bonds. The summed E-state index contributed by atoms with van der Waals surface area (Å²) in [5, 5.41) is 2.50. The van der Waals surface area contributed by atoms with Gasteiger partial charge in [0.15, 0.2) is 11.6 Å². The number of hydrogen-bond acceptors (Lipinski definition) is 3. The molecule has 29 heavy (non-hydrogen) atoms. The summed E-state index contributed by atoms with van der Waals surface area (Å²) >= 11 is 6.23. The molecule has 0 fully saturated rings. The van der Waals surface area contributed by atoms with Crippen molar-refractivity contribution in [3.8, 4) is 33.9 Å². The molecule has 0 N–H and O–H groups in total. The Morgan fingerprint density at radius 3 is 1.90 bits per heavy atom. The van der Waals surface area contributed by atoms with Gasteiger partial charge in [0.05, 0.1) is 0 Å². The molecule has 1 aromatic heterocycles. The molecule has 5 rings (SSSR count). The molecule has 3 nitrogen and oxygen atoms in total. The maximum Gasteiger partial charge on any atom is 0.226 e. The lowest BCUT2D eigenvalue weighted by atomic mass is 9.96. The van der Waals surface area contributed by atoms with E-state index in [1.54, 1.807) is 0 Å². The van der Waals surface area contributed by atoms with E-state index in [9.17, 15) is 0 Å². The van der Waals surface area contributed by atoms with Crippen molar-refractivity contribution in [2.45, 2.75) is 0 Å². The van der Waals surface area contributed by atoms with Crippen molar-refractivity contribution in [2.75, 3.05) is 0 Å². The van der Waals surface area contributed by atoms with Gasteiger partial charge in [0.25, 0.3) is 0 Å². The zero-order valence-electron chi connectivity index (χ0n) is 15.5. The van der Waals surface area contributed by atoms with Crippen LogP contribution in [0.4, 0.5) is 0 Å². The fourth-order valence-corrected chi connectivity index (χ4v) is 3.64. The summed E-state index contributed by atoms with van der Waals surface area (Å²) in [7, 11) is 0. The third kappa shape index (κ3) is 3.48. The largest absolute Gasteiger partial charge is 0.226 e. The van der Waals surface area contributed by atoms with Gasteiger partial charge in [0.2, 0.25) is 5.28 Å². The summed E-state index contributed by atoms with van der Waals surface area (Å²) in [5.74, 6) is 1.13. The molecule has 4 aromatic carbocycles. The van der Waals surface area contributed by atoms with Gasteiger partial charge in [-0.1, -0.05) is 91.0 Å². The van der Waals surface area contributed by atoms with Crippen molar-refractivity contribution in [3.05, 3.63) is 102 Å². The van der Waals surface area contributed by atoms with Crippen molar-refractivity contribution in [1.82, 2.24) is 15.0 Å². The molecule has 0 saturated carbocycles. The van der Waals surface area contributed by atoms with E-state index in [1.807, 2.05) is 42.5 Å². The third-order valence-electron chi connectivity index (χ3n) is 4.87. The van der Waals surface area contributed by atoms with E-state index in [0.29, 0.717) is 11.6 Å². The van der Waals surface area contributed by atoms with E-state index in [1.165, 1.54) is 16.5 Å². The predicted molar refractivity (Wildman–Crippen MR) is 119 cm³/mol. The highest BCUT2D eigenvalue weighted by atomic mass is 35.5. The number of rotatable bonds is 3. The Balaban J connectivity index is 1.68. The normalized spacial score (nSPS) is 10.9. The van der Waals surface area contributed by atoms with Gasteiger partial charge in [0.1, 0.15) is 0 Å². The molecule has 4 heteroatoms. The number of fused-ring (bicyclic) bond motifs is 1. The number of halogens is 1. The Bertz CT molecular complexity index is 1300. The van der Waals surface area contributed by atoms with E-state index in [0.717, 1.165) is 16.5 Å². The van der Waals surface area contributed by atoms with Gasteiger partial charge in [-0.25, -0.2) is 4.98 Å².